The van der Waals surface area contributed by atoms with Gasteiger partial charge in [0.2, 0.25) is 0 Å². The standard InChI is InChI=1S/C12H17N/c1-10-8-13-9-12(10)7-11-5-3-2-4-6-11/h2-6,10,12-13H,7-9H2,1H3. The summed E-state index contributed by atoms with van der Waals surface area (Å²) < 4.78 is 0. The molecule has 0 aliphatic carbocycles. The Labute approximate surface area is 80.2 Å². The average molecular weight is 175 g/mol. The molecule has 13 heavy (non-hydrogen) atoms. The van der Waals surface area contributed by atoms with Gasteiger partial charge in [-0.15, -0.1) is 0 Å². The van der Waals surface area contributed by atoms with E-state index in [4.69, 9.17) is 0 Å². The van der Waals surface area contributed by atoms with Crippen LogP contribution in [0.25, 0.3) is 0 Å². The van der Waals surface area contributed by atoms with Crippen LogP contribution in [0, 0.1) is 11.8 Å². The molecule has 0 spiro atoms. The van der Waals surface area contributed by atoms with Crippen LogP contribution in [0.2, 0.25) is 0 Å². The lowest BCUT2D eigenvalue weighted by molar-refractivity contribution is 0.451. The van der Waals surface area contributed by atoms with Crippen LogP contribution in [0.15, 0.2) is 30.3 Å². The van der Waals surface area contributed by atoms with Crippen molar-refractivity contribution in [1.29, 1.82) is 0 Å². The minimum Gasteiger partial charge on any atom is -0.316 e. The van der Waals surface area contributed by atoms with Crippen LogP contribution in [0.3, 0.4) is 0 Å². The van der Waals surface area contributed by atoms with Gasteiger partial charge in [-0.3, -0.25) is 0 Å². The molecule has 0 amide bonds. The van der Waals surface area contributed by atoms with Gasteiger partial charge in [-0.25, -0.2) is 0 Å². The van der Waals surface area contributed by atoms with E-state index >= 15 is 0 Å². The Hall–Kier alpha value is -0.820. The molecule has 0 radical (unpaired) electrons. The Morgan fingerprint density at radius 3 is 2.62 bits per heavy atom. The molecule has 2 unspecified atom stereocenters. The highest BCUT2D eigenvalue weighted by Gasteiger charge is 2.22. The molecule has 1 heteroatoms. The van der Waals surface area contributed by atoms with E-state index < -0.39 is 0 Å². The SMILES string of the molecule is CC1CNCC1Cc1ccccc1. The molecule has 0 aromatic heterocycles. The van der Waals surface area contributed by atoms with E-state index in [1.165, 1.54) is 25.1 Å². The molecule has 1 fully saturated rings. The number of rotatable bonds is 2. The monoisotopic (exact) mass is 175 g/mol. The zero-order valence-corrected chi connectivity index (χ0v) is 8.16. The van der Waals surface area contributed by atoms with Gasteiger partial charge in [0.1, 0.15) is 0 Å². The first kappa shape index (κ1) is 8.76. The lowest BCUT2D eigenvalue weighted by Crippen LogP contribution is -2.12. The molecule has 1 saturated heterocycles. The Morgan fingerprint density at radius 1 is 1.23 bits per heavy atom. The predicted octanol–water partition coefficient (Wildman–Crippen LogP) is 2.08. The van der Waals surface area contributed by atoms with E-state index in [0.717, 1.165) is 11.8 Å². The van der Waals surface area contributed by atoms with Crippen LogP contribution < -0.4 is 5.32 Å². The summed E-state index contributed by atoms with van der Waals surface area (Å²) in [6.07, 6.45) is 1.23. The van der Waals surface area contributed by atoms with Crippen molar-refractivity contribution in [2.45, 2.75) is 13.3 Å². The summed E-state index contributed by atoms with van der Waals surface area (Å²) in [7, 11) is 0. The topological polar surface area (TPSA) is 12.0 Å². The molecule has 1 heterocycles. The second-order valence-electron chi connectivity index (χ2n) is 4.09. The zero-order valence-electron chi connectivity index (χ0n) is 8.16. The molecule has 2 atom stereocenters. The molecule has 1 aliphatic heterocycles. The van der Waals surface area contributed by atoms with Crippen molar-refractivity contribution in [3.8, 4) is 0 Å². The summed E-state index contributed by atoms with van der Waals surface area (Å²) in [6, 6.07) is 10.8. The van der Waals surface area contributed by atoms with E-state index in [-0.39, 0.29) is 0 Å². The molecule has 1 aromatic rings. The maximum absolute atomic E-state index is 3.44. The van der Waals surface area contributed by atoms with Gasteiger partial charge in [0, 0.05) is 0 Å². The Morgan fingerprint density at radius 2 is 2.00 bits per heavy atom. The molecule has 70 valence electrons. The lowest BCUT2D eigenvalue weighted by Gasteiger charge is -2.13. The molecule has 0 bridgehead atoms. The van der Waals surface area contributed by atoms with Gasteiger partial charge in [0.15, 0.2) is 0 Å². The highest BCUT2D eigenvalue weighted by atomic mass is 14.9. The molecule has 0 saturated carbocycles. The van der Waals surface area contributed by atoms with E-state index in [9.17, 15) is 0 Å². The van der Waals surface area contributed by atoms with Gasteiger partial charge in [0.25, 0.3) is 0 Å². The fourth-order valence-electron chi connectivity index (χ4n) is 2.05. The van der Waals surface area contributed by atoms with Crippen LogP contribution in [0.4, 0.5) is 0 Å². The lowest BCUT2D eigenvalue weighted by atomic mass is 9.91. The summed E-state index contributed by atoms with van der Waals surface area (Å²) in [5, 5.41) is 3.44. The maximum Gasteiger partial charge on any atom is -0.00142 e. The third-order valence-electron chi connectivity index (χ3n) is 3.02. The van der Waals surface area contributed by atoms with Gasteiger partial charge < -0.3 is 5.32 Å². The van der Waals surface area contributed by atoms with Crippen LogP contribution in [0.1, 0.15) is 12.5 Å². The van der Waals surface area contributed by atoms with Crippen molar-refractivity contribution in [2.75, 3.05) is 13.1 Å². The van der Waals surface area contributed by atoms with Crippen molar-refractivity contribution in [2.24, 2.45) is 11.8 Å². The molecule has 2 rings (SSSR count). The second-order valence-corrected chi connectivity index (χ2v) is 4.09. The molecule has 1 nitrogen and oxygen atoms in total. The molecular weight excluding hydrogens is 158 g/mol. The first-order chi connectivity index (χ1) is 6.36. The molecule has 1 aliphatic rings. The minimum absolute atomic E-state index is 0.834. The summed E-state index contributed by atoms with van der Waals surface area (Å²) >= 11 is 0. The first-order valence-electron chi connectivity index (χ1n) is 5.11. The fraction of sp³-hybridized carbons (Fsp3) is 0.500. The van der Waals surface area contributed by atoms with Crippen LogP contribution in [0.5, 0.6) is 0 Å². The number of hydrogen-bond donors (Lipinski definition) is 1. The van der Waals surface area contributed by atoms with Crippen LogP contribution >= 0.6 is 0 Å². The van der Waals surface area contributed by atoms with Gasteiger partial charge in [0.05, 0.1) is 0 Å². The third-order valence-corrected chi connectivity index (χ3v) is 3.02. The first-order valence-corrected chi connectivity index (χ1v) is 5.11. The molecule has 1 aromatic carbocycles. The van der Waals surface area contributed by atoms with E-state index in [1.54, 1.807) is 0 Å². The van der Waals surface area contributed by atoms with Crippen molar-refractivity contribution < 1.29 is 0 Å². The van der Waals surface area contributed by atoms with Crippen LogP contribution in [-0.4, -0.2) is 13.1 Å². The van der Waals surface area contributed by atoms with Gasteiger partial charge in [-0.1, -0.05) is 37.3 Å². The quantitative estimate of drug-likeness (QED) is 0.725. The van der Waals surface area contributed by atoms with Crippen LogP contribution in [-0.2, 0) is 6.42 Å². The number of hydrogen-bond acceptors (Lipinski definition) is 1. The average Bonchev–Trinajstić information content (AvgIpc) is 2.54. The summed E-state index contributed by atoms with van der Waals surface area (Å²) in [5.74, 6) is 1.67. The summed E-state index contributed by atoms with van der Waals surface area (Å²) in [4.78, 5) is 0. The van der Waals surface area contributed by atoms with Crippen molar-refractivity contribution >= 4 is 0 Å². The maximum atomic E-state index is 3.44. The number of nitrogens with one attached hydrogen (secondary N) is 1. The third kappa shape index (κ3) is 2.10. The predicted molar refractivity (Wildman–Crippen MR) is 55.7 cm³/mol. The minimum atomic E-state index is 0.834. The normalized spacial score (nSPS) is 27.8. The Balaban J connectivity index is 1.98. The van der Waals surface area contributed by atoms with E-state index in [0.29, 0.717) is 0 Å². The largest absolute Gasteiger partial charge is 0.316 e. The fourth-order valence-corrected chi connectivity index (χ4v) is 2.05. The highest BCUT2D eigenvalue weighted by molar-refractivity contribution is 5.15. The number of benzene rings is 1. The summed E-state index contributed by atoms with van der Waals surface area (Å²) in [6.45, 7) is 4.72. The Kier molecular flexibility index (Phi) is 2.65. The van der Waals surface area contributed by atoms with Gasteiger partial charge in [-0.05, 0) is 36.9 Å². The molecule has 1 N–H and O–H groups in total. The van der Waals surface area contributed by atoms with Crippen molar-refractivity contribution in [1.82, 2.24) is 5.32 Å². The van der Waals surface area contributed by atoms with E-state index in [1.807, 2.05) is 0 Å². The second kappa shape index (κ2) is 3.93. The smallest absolute Gasteiger partial charge is 0.00142 e. The zero-order chi connectivity index (χ0) is 9.10. The molecular formula is C12H17N. The van der Waals surface area contributed by atoms with Crippen molar-refractivity contribution in [3.63, 3.8) is 0 Å². The summed E-state index contributed by atoms with van der Waals surface area (Å²) in [5.41, 5.74) is 1.48. The van der Waals surface area contributed by atoms with Crippen molar-refractivity contribution in [3.05, 3.63) is 35.9 Å². The van der Waals surface area contributed by atoms with E-state index in [2.05, 4.69) is 42.6 Å². The van der Waals surface area contributed by atoms with Gasteiger partial charge >= 0.3 is 0 Å². The van der Waals surface area contributed by atoms with Gasteiger partial charge in [-0.2, -0.15) is 0 Å². The highest BCUT2D eigenvalue weighted by Crippen LogP contribution is 2.20. The Bertz CT molecular complexity index is 255.